The van der Waals surface area contributed by atoms with Gasteiger partial charge in [-0.15, -0.1) is 0 Å². The number of carbonyl (C=O) groups is 3. The summed E-state index contributed by atoms with van der Waals surface area (Å²) in [6, 6.07) is 0. The van der Waals surface area contributed by atoms with Gasteiger partial charge >= 0.3 is 6.09 Å². The van der Waals surface area contributed by atoms with Gasteiger partial charge in [-0.05, 0) is 40.0 Å². The normalized spacial score (nSPS) is 20.8. The Morgan fingerprint density at radius 1 is 1.26 bits per heavy atom. The second kappa shape index (κ2) is 6.07. The van der Waals surface area contributed by atoms with E-state index in [9.17, 15) is 14.4 Å². The number of hydrogen-bond donors (Lipinski definition) is 0. The minimum absolute atomic E-state index is 0.106. The Balaban J connectivity index is 1.64. The molecule has 1 aromatic heterocycles. The molecule has 3 heterocycles. The molecule has 1 fully saturated rings. The van der Waals surface area contributed by atoms with Crippen LogP contribution in [0.2, 0.25) is 0 Å². The minimum Gasteiger partial charge on any atom is -0.444 e. The molecule has 0 saturated heterocycles. The average molecular weight is 374 g/mol. The Hall–Kier alpha value is -2.38. The maximum atomic E-state index is 13.3. The van der Waals surface area contributed by atoms with Gasteiger partial charge in [-0.3, -0.25) is 9.48 Å². The van der Waals surface area contributed by atoms with Gasteiger partial charge in [-0.1, -0.05) is 0 Å². The van der Waals surface area contributed by atoms with Gasteiger partial charge in [-0.2, -0.15) is 5.10 Å². The molecule has 2 aliphatic heterocycles. The summed E-state index contributed by atoms with van der Waals surface area (Å²) < 4.78 is 7.27. The number of carbonyl (C=O) groups excluding carboxylic acids is 3. The summed E-state index contributed by atoms with van der Waals surface area (Å²) in [5.41, 5.74) is 1.44. The molecule has 0 aromatic carbocycles. The smallest absolute Gasteiger partial charge is 0.410 e. The fraction of sp³-hybridized carbons (Fsp3) is 0.684. The predicted octanol–water partition coefficient (Wildman–Crippen LogP) is 1.75. The highest BCUT2D eigenvalue weighted by atomic mass is 16.6. The number of aldehydes is 1. The number of nitrogens with zero attached hydrogens (tertiary/aromatic N) is 4. The van der Waals surface area contributed by atoms with E-state index in [-0.39, 0.29) is 24.1 Å². The molecular formula is C19H26N4O4. The summed E-state index contributed by atoms with van der Waals surface area (Å²) in [7, 11) is 0. The summed E-state index contributed by atoms with van der Waals surface area (Å²) in [5.74, 6) is -0.142. The molecule has 2 amide bonds. The van der Waals surface area contributed by atoms with E-state index < -0.39 is 5.60 Å². The highest BCUT2D eigenvalue weighted by Crippen LogP contribution is 2.47. The van der Waals surface area contributed by atoms with Crippen LogP contribution >= 0.6 is 0 Å². The lowest BCUT2D eigenvalue weighted by Gasteiger charge is -2.31. The van der Waals surface area contributed by atoms with Crippen molar-refractivity contribution in [2.45, 2.75) is 70.7 Å². The summed E-state index contributed by atoms with van der Waals surface area (Å²) >= 11 is 0. The fourth-order valence-corrected chi connectivity index (χ4v) is 4.12. The van der Waals surface area contributed by atoms with Crippen LogP contribution in [0.1, 0.15) is 61.8 Å². The molecule has 0 bridgehead atoms. The third-order valence-corrected chi connectivity index (χ3v) is 5.65. The Labute approximate surface area is 158 Å². The van der Waals surface area contributed by atoms with E-state index in [0.29, 0.717) is 31.7 Å². The lowest BCUT2D eigenvalue weighted by Crippen LogP contribution is -2.43. The molecule has 8 nitrogen and oxygen atoms in total. The number of hydrogen-bond acceptors (Lipinski definition) is 5. The zero-order valence-corrected chi connectivity index (χ0v) is 16.2. The minimum atomic E-state index is -0.567. The second-order valence-corrected chi connectivity index (χ2v) is 8.71. The van der Waals surface area contributed by atoms with Crippen molar-refractivity contribution in [2.75, 3.05) is 13.1 Å². The van der Waals surface area contributed by atoms with Crippen LogP contribution in [0, 0.1) is 0 Å². The standard InChI is InChI=1S/C19H26N4O4/c1-18(2,3)27-17(26)21-8-4-14-13(12-21)15-16(25)22(10-11-24)19(5-6-19)7-9-23(15)20-14/h11H,4-10,12H2,1-3H3. The Bertz CT molecular complexity index is 803. The first-order valence-corrected chi connectivity index (χ1v) is 9.56. The van der Waals surface area contributed by atoms with Crippen LogP contribution in [0.3, 0.4) is 0 Å². The summed E-state index contributed by atoms with van der Waals surface area (Å²) in [6.45, 7) is 7.11. The van der Waals surface area contributed by atoms with Crippen LogP contribution in [-0.4, -0.2) is 62.1 Å². The number of aromatic nitrogens is 2. The van der Waals surface area contributed by atoms with Gasteiger partial charge in [0.05, 0.1) is 18.8 Å². The number of rotatable bonds is 2. The number of fused-ring (bicyclic) bond motifs is 3. The first-order valence-electron chi connectivity index (χ1n) is 9.56. The van der Waals surface area contributed by atoms with Crippen molar-refractivity contribution in [1.82, 2.24) is 19.6 Å². The summed E-state index contributed by atoms with van der Waals surface area (Å²) in [5, 5.41) is 4.66. The third kappa shape index (κ3) is 3.11. The van der Waals surface area contributed by atoms with Gasteiger partial charge in [-0.25, -0.2) is 4.79 Å². The van der Waals surface area contributed by atoms with E-state index in [2.05, 4.69) is 5.10 Å². The average Bonchev–Trinajstić information content (AvgIpc) is 3.30. The fourth-order valence-electron chi connectivity index (χ4n) is 4.12. The number of aryl methyl sites for hydroxylation is 1. The Kier molecular flexibility index (Phi) is 4.05. The molecule has 8 heteroatoms. The van der Waals surface area contributed by atoms with Crippen molar-refractivity contribution in [1.29, 1.82) is 0 Å². The molecule has 0 unspecified atom stereocenters. The first kappa shape index (κ1) is 18.0. The maximum Gasteiger partial charge on any atom is 0.410 e. The van der Waals surface area contributed by atoms with E-state index in [1.165, 1.54) is 0 Å². The predicted molar refractivity (Wildman–Crippen MR) is 96.3 cm³/mol. The van der Waals surface area contributed by atoms with Gasteiger partial charge in [0.15, 0.2) is 0 Å². The SMILES string of the molecule is CC(C)(C)OC(=O)N1CCc2nn3c(c2C1)C(=O)N(CC=O)C1(CC3)CC1. The van der Waals surface area contributed by atoms with Gasteiger partial charge in [0, 0.05) is 30.6 Å². The van der Waals surface area contributed by atoms with Gasteiger partial charge in [0.25, 0.3) is 5.91 Å². The van der Waals surface area contributed by atoms with Crippen molar-refractivity contribution in [3.8, 4) is 0 Å². The second-order valence-electron chi connectivity index (χ2n) is 8.71. The molecule has 0 atom stereocenters. The van der Waals surface area contributed by atoms with Crippen molar-refractivity contribution in [3.63, 3.8) is 0 Å². The molecule has 27 heavy (non-hydrogen) atoms. The van der Waals surface area contributed by atoms with Crippen LogP contribution in [0.5, 0.6) is 0 Å². The monoisotopic (exact) mass is 374 g/mol. The quantitative estimate of drug-likeness (QED) is 0.737. The third-order valence-electron chi connectivity index (χ3n) is 5.65. The molecule has 1 aliphatic carbocycles. The summed E-state index contributed by atoms with van der Waals surface area (Å²) in [4.78, 5) is 40.3. The zero-order chi connectivity index (χ0) is 19.4. The van der Waals surface area contributed by atoms with Crippen LogP contribution in [0.4, 0.5) is 4.79 Å². The summed E-state index contributed by atoms with van der Waals surface area (Å²) in [6.07, 6.45) is 3.70. The lowest BCUT2D eigenvalue weighted by molar-refractivity contribution is -0.109. The lowest BCUT2D eigenvalue weighted by atomic mass is 10.0. The van der Waals surface area contributed by atoms with Gasteiger partial charge < -0.3 is 19.3 Å². The Morgan fingerprint density at radius 3 is 2.63 bits per heavy atom. The van der Waals surface area contributed by atoms with Crippen LogP contribution in [0.15, 0.2) is 0 Å². The van der Waals surface area contributed by atoms with Gasteiger partial charge in [0.1, 0.15) is 17.6 Å². The van der Waals surface area contributed by atoms with E-state index in [4.69, 9.17) is 4.74 Å². The van der Waals surface area contributed by atoms with Crippen LogP contribution < -0.4 is 0 Å². The first-order chi connectivity index (χ1) is 12.7. The molecular weight excluding hydrogens is 348 g/mol. The van der Waals surface area contributed by atoms with E-state index >= 15 is 0 Å². The largest absolute Gasteiger partial charge is 0.444 e. The highest BCUT2D eigenvalue weighted by molar-refractivity contribution is 5.96. The highest BCUT2D eigenvalue weighted by Gasteiger charge is 2.52. The number of amides is 2. The maximum absolute atomic E-state index is 13.3. The van der Waals surface area contributed by atoms with Crippen molar-refractivity contribution >= 4 is 18.3 Å². The van der Waals surface area contributed by atoms with Crippen LogP contribution in [0.25, 0.3) is 0 Å². The van der Waals surface area contributed by atoms with Crippen molar-refractivity contribution in [3.05, 3.63) is 17.0 Å². The van der Waals surface area contributed by atoms with E-state index in [1.54, 1.807) is 14.5 Å². The van der Waals surface area contributed by atoms with Crippen LogP contribution in [-0.2, 0) is 29.0 Å². The van der Waals surface area contributed by atoms with Crippen molar-refractivity contribution in [2.24, 2.45) is 0 Å². The molecule has 1 spiro atoms. The zero-order valence-electron chi connectivity index (χ0n) is 16.2. The topological polar surface area (TPSA) is 84.7 Å². The molecule has 1 aromatic rings. The molecule has 0 radical (unpaired) electrons. The van der Waals surface area contributed by atoms with Gasteiger partial charge in [0.2, 0.25) is 0 Å². The van der Waals surface area contributed by atoms with E-state index in [1.807, 2.05) is 20.8 Å². The molecule has 3 aliphatic rings. The van der Waals surface area contributed by atoms with Crippen molar-refractivity contribution < 1.29 is 19.1 Å². The molecule has 146 valence electrons. The molecule has 0 N–H and O–H groups in total. The Morgan fingerprint density at radius 2 is 2.00 bits per heavy atom. The van der Waals surface area contributed by atoms with E-state index in [0.717, 1.165) is 36.8 Å². The molecule has 4 rings (SSSR count). The molecule has 1 saturated carbocycles. The number of ether oxygens (including phenoxy) is 1.